The minimum absolute atomic E-state index is 0.255. The SMILES string of the molecule is Cc1ccccc1NC(=O)N(Cc1ccccc1)Cc1cccn1Cc1cccc(C(F)(F)F)c1. The van der Waals surface area contributed by atoms with Crippen LogP contribution < -0.4 is 5.32 Å². The first-order valence-electron chi connectivity index (χ1n) is 11.3. The second-order valence-electron chi connectivity index (χ2n) is 8.41. The van der Waals surface area contributed by atoms with Gasteiger partial charge in [0.25, 0.3) is 0 Å². The Kier molecular flexibility index (Phi) is 7.25. The molecule has 35 heavy (non-hydrogen) atoms. The lowest BCUT2D eigenvalue weighted by molar-refractivity contribution is -0.137. The second kappa shape index (κ2) is 10.5. The average Bonchev–Trinajstić information content (AvgIpc) is 3.27. The molecule has 4 nitrogen and oxygen atoms in total. The number of nitrogens with one attached hydrogen (secondary N) is 1. The molecule has 1 aromatic heterocycles. The summed E-state index contributed by atoms with van der Waals surface area (Å²) >= 11 is 0. The van der Waals surface area contributed by atoms with Gasteiger partial charge >= 0.3 is 12.2 Å². The molecule has 0 fully saturated rings. The number of carbonyl (C=O) groups excluding carboxylic acids is 1. The molecule has 0 saturated carbocycles. The molecule has 0 bridgehead atoms. The van der Waals surface area contributed by atoms with Crippen molar-refractivity contribution in [3.63, 3.8) is 0 Å². The largest absolute Gasteiger partial charge is 0.416 e. The summed E-state index contributed by atoms with van der Waals surface area (Å²) in [7, 11) is 0. The number of urea groups is 1. The van der Waals surface area contributed by atoms with Gasteiger partial charge in [-0.1, -0.05) is 60.7 Å². The predicted molar refractivity (Wildman–Crippen MR) is 131 cm³/mol. The van der Waals surface area contributed by atoms with Crippen LogP contribution in [0.25, 0.3) is 0 Å². The Morgan fingerprint density at radius 2 is 1.57 bits per heavy atom. The van der Waals surface area contributed by atoms with Gasteiger partial charge in [0.1, 0.15) is 0 Å². The number of aromatic nitrogens is 1. The molecule has 4 rings (SSSR count). The highest BCUT2D eigenvalue weighted by molar-refractivity contribution is 5.90. The molecule has 0 aliphatic carbocycles. The van der Waals surface area contributed by atoms with Crippen molar-refractivity contribution >= 4 is 11.7 Å². The van der Waals surface area contributed by atoms with Gasteiger partial charge in [-0.3, -0.25) is 0 Å². The summed E-state index contributed by atoms with van der Waals surface area (Å²) in [6.07, 6.45) is -2.58. The maximum atomic E-state index is 13.3. The number of alkyl halides is 3. The maximum absolute atomic E-state index is 13.3. The lowest BCUT2D eigenvalue weighted by atomic mass is 10.1. The average molecular weight is 478 g/mol. The van der Waals surface area contributed by atoms with Crippen molar-refractivity contribution in [1.82, 2.24) is 9.47 Å². The van der Waals surface area contributed by atoms with Crippen LogP contribution in [0, 0.1) is 6.92 Å². The Morgan fingerprint density at radius 3 is 2.31 bits per heavy atom. The third-order valence-corrected chi connectivity index (χ3v) is 5.77. The van der Waals surface area contributed by atoms with Crippen molar-refractivity contribution in [2.75, 3.05) is 5.32 Å². The van der Waals surface area contributed by atoms with E-state index in [0.29, 0.717) is 18.7 Å². The monoisotopic (exact) mass is 477 g/mol. The van der Waals surface area contributed by atoms with Gasteiger partial charge in [0.15, 0.2) is 0 Å². The fourth-order valence-corrected chi connectivity index (χ4v) is 3.90. The fraction of sp³-hybridized carbons (Fsp3) is 0.179. The van der Waals surface area contributed by atoms with Crippen LogP contribution in [0.5, 0.6) is 0 Å². The van der Waals surface area contributed by atoms with Gasteiger partial charge in [-0.2, -0.15) is 13.2 Å². The van der Waals surface area contributed by atoms with E-state index in [1.54, 1.807) is 11.0 Å². The van der Waals surface area contributed by atoms with E-state index < -0.39 is 11.7 Å². The molecule has 7 heteroatoms. The highest BCUT2D eigenvalue weighted by atomic mass is 19.4. The zero-order valence-electron chi connectivity index (χ0n) is 19.3. The number of carbonyl (C=O) groups is 1. The molecule has 4 aromatic rings. The van der Waals surface area contributed by atoms with Gasteiger partial charge in [0, 0.05) is 30.7 Å². The van der Waals surface area contributed by atoms with Gasteiger partial charge in [0.2, 0.25) is 0 Å². The summed E-state index contributed by atoms with van der Waals surface area (Å²) in [6, 6.07) is 26.0. The van der Waals surface area contributed by atoms with Crippen LogP contribution in [0.4, 0.5) is 23.7 Å². The Hall–Kier alpha value is -4.00. The van der Waals surface area contributed by atoms with E-state index in [-0.39, 0.29) is 12.6 Å². The second-order valence-corrected chi connectivity index (χ2v) is 8.41. The van der Waals surface area contributed by atoms with Crippen LogP contribution in [-0.4, -0.2) is 15.5 Å². The molecule has 0 unspecified atom stereocenters. The summed E-state index contributed by atoms with van der Waals surface area (Å²) < 4.78 is 41.3. The number of anilines is 1. The summed E-state index contributed by atoms with van der Waals surface area (Å²) in [5, 5.41) is 2.99. The standard InChI is InChI=1S/C28H26F3N3O/c1-21-9-5-6-15-26(21)32-27(35)34(18-22-10-3-2-4-11-22)20-25-14-8-16-33(25)19-23-12-7-13-24(17-23)28(29,30)31/h2-17H,18-20H2,1H3,(H,32,35). The van der Waals surface area contributed by atoms with Crippen molar-refractivity contribution < 1.29 is 18.0 Å². The number of rotatable bonds is 7. The van der Waals surface area contributed by atoms with Gasteiger partial charge in [0.05, 0.1) is 12.1 Å². The van der Waals surface area contributed by atoms with Gasteiger partial charge in [-0.05, 0) is 53.9 Å². The van der Waals surface area contributed by atoms with Crippen molar-refractivity contribution in [3.05, 3.63) is 125 Å². The zero-order chi connectivity index (χ0) is 24.8. The first-order valence-corrected chi connectivity index (χ1v) is 11.3. The van der Waals surface area contributed by atoms with Crippen LogP contribution in [0.15, 0.2) is 97.2 Å². The first kappa shape index (κ1) is 24.1. The molecule has 180 valence electrons. The van der Waals surface area contributed by atoms with E-state index in [4.69, 9.17) is 0 Å². The number of amides is 2. The molecular weight excluding hydrogens is 451 g/mol. The van der Waals surface area contributed by atoms with Crippen molar-refractivity contribution in [2.24, 2.45) is 0 Å². The van der Waals surface area contributed by atoms with Crippen LogP contribution in [0.2, 0.25) is 0 Å². The van der Waals surface area contributed by atoms with Gasteiger partial charge in [-0.15, -0.1) is 0 Å². The quantitative estimate of drug-likeness (QED) is 0.303. The number of hydrogen-bond donors (Lipinski definition) is 1. The molecule has 2 amide bonds. The van der Waals surface area contributed by atoms with E-state index in [9.17, 15) is 18.0 Å². The molecule has 1 N–H and O–H groups in total. The molecule has 1 heterocycles. The summed E-state index contributed by atoms with van der Waals surface area (Å²) in [6.45, 7) is 2.87. The van der Waals surface area contributed by atoms with Crippen LogP contribution in [0.1, 0.15) is 27.9 Å². The molecule has 3 aromatic carbocycles. The van der Waals surface area contributed by atoms with Crippen molar-refractivity contribution in [3.8, 4) is 0 Å². The van der Waals surface area contributed by atoms with Crippen molar-refractivity contribution in [1.29, 1.82) is 0 Å². The molecule has 0 spiro atoms. The van der Waals surface area contributed by atoms with E-state index in [0.717, 1.165) is 34.6 Å². The molecule has 0 saturated heterocycles. The number of benzene rings is 3. The fourth-order valence-electron chi connectivity index (χ4n) is 3.90. The minimum Gasteiger partial charge on any atom is -0.345 e. The van der Waals surface area contributed by atoms with Crippen molar-refractivity contribution in [2.45, 2.75) is 32.7 Å². The number of nitrogens with zero attached hydrogens (tertiary/aromatic N) is 2. The van der Waals surface area contributed by atoms with E-state index in [2.05, 4.69) is 5.32 Å². The maximum Gasteiger partial charge on any atom is 0.416 e. The Balaban J connectivity index is 1.56. The lowest BCUT2D eigenvalue weighted by Crippen LogP contribution is -2.35. The minimum atomic E-state index is -4.39. The summed E-state index contributed by atoms with van der Waals surface area (Å²) in [4.78, 5) is 15.0. The highest BCUT2D eigenvalue weighted by Crippen LogP contribution is 2.30. The Morgan fingerprint density at radius 1 is 0.857 bits per heavy atom. The Bertz CT molecular complexity index is 1280. The lowest BCUT2D eigenvalue weighted by Gasteiger charge is -2.25. The highest BCUT2D eigenvalue weighted by Gasteiger charge is 2.30. The predicted octanol–water partition coefficient (Wildman–Crippen LogP) is 7.10. The molecule has 0 atom stereocenters. The van der Waals surface area contributed by atoms with E-state index in [1.807, 2.05) is 84.4 Å². The van der Waals surface area contributed by atoms with Crippen LogP contribution in [0.3, 0.4) is 0 Å². The summed E-state index contributed by atoms with van der Waals surface area (Å²) in [5.74, 6) is 0. The third-order valence-electron chi connectivity index (χ3n) is 5.77. The van der Waals surface area contributed by atoms with E-state index >= 15 is 0 Å². The van der Waals surface area contributed by atoms with Crippen LogP contribution in [-0.2, 0) is 25.8 Å². The molecule has 0 aliphatic heterocycles. The molecule has 0 aliphatic rings. The van der Waals surface area contributed by atoms with E-state index in [1.165, 1.54) is 6.07 Å². The molecular formula is C28H26F3N3O. The van der Waals surface area contributed by atoms with Gasteiger partial charge in [-0.25, -0.2) is 4.79 Å². The smallest absolute Gasteiger partial charge is 0.345 e. The number of halogens is 3. The molecule has 0 radical (unpaired) electrons. The number of para-hydroxylation sites is 1. The normalized spacial score (nSPS) is 11.3. The van der Waals surface area contributed by atoms with Gasteiger partial charge < -0.3 is 14.8 Å². The topological polar surface area (TPSA) is 37.3 Å². The number of aryl methyl sites for hydroxylation is 1. The third kappa shape index (κ3) is 6.32. The first-order chi connectivity index (χ1) is 16.8. The Labute approximate surface area is 202 Å². The van der Waals surface area contributed by atoms with Crippen LogP contribution >= 0.6 is 0 Å². The number of hydrogen-bond acceptors (Lipinski definition) is 1. The zero-order valence-corrected chi connectivity index (χ0v) is 19.3. The summed E-state index contributed by atoms with van der Waals surface area (Å²) in [5.41, 5.74) is 3.34.